The number of rotatable bonds is 3. The third-order valence-corrected chi connectivity index (χ3v) is 3.30. The summed E-state index contributed by atoms with van der Waals surface area (Å²) in [7, 11) is -1.24. The molecule has 17 heavy (non-hydrogen) atoms. The van der Waals surface area contributed by atoms with Gasteiger partial charge in [-0.05, 0) is 12.1 Å². The second kappa shape index (κ2) is 4.91. The molecule has 0 aliphatic heterocycles. The van der Waals surface area contributed by atoms with Gasteiger partial charge in [0.1, 0.15) is 5.75 Å². The van der Waals surface area contributed by atoms with Crippen molar-refractivity contribution in [2.75, 3.05) is 19.9 Å². The van der Waals surface area contributed by atoms with Gasteiger partial charge in [0.25, 0.3) is 10.0 Å². The minimum Gasteiger partial charge on any atom is -0.495 e. The predicted molar refractivity (Wildman–Crippen MR) is 62.2 cm³/mol. The molecule has 8 heteroatoms. The molecule has 1 aromatic rings. The van der Waals surface area contributed by atoms with Crippen LogP contribution in [0, 0.1) is 0 Å². The third kappa shape index (κ3) is 3.00. The highest BCUT2D eigenvalue weighted by molar-refractivity contribution is 7.90. The monoisotopic (exact) mass is 259 g/mol. The average molecular weight is 259 g/mol. The van der Waals surface area contributed by atoms with Crippen LogP contribution in [-0.2, 0) is 10.0 Å². The Hall–Kier alpha value is -1.96. The quantitative estimate of drug-likeness (QED) is 0.656. The molecule has 0 atom stereocenters. The molecule has 1 aromatic carbocycles. The number of hydrogen-bond donors (Lipinski definition) is 3. The second-order valence-electron chi connectivity index (χ2n) is 3.09. The number of hydrogen-bond acceptors (Lipinski definition) is 5. The van der Waals surface area contributed by atoms with Gasteiger partial charge in [-0.15, -0.1) is 0 Å². The van der Waals surface area contributed by atoms with Gasteiger partial charge in [0.05, 0.1) is 17.7 Å². The smallest absolute Gasteiger partial charge is 0.328 e. The SMILES string of the molecule is CNC(=O)NS(=O)(=O)c1ccc(N)c(OC)c1. The number of nitrogens with two attached hydrogens (primary N) is 1. The van der Waals surface area contributed by atoms with E-state index in [9.17, 15) is 13.2 Å². The van der Waals surface area contributed by atoms with Gasteiger partial charge < -0.3 is 15.8 Å². The number of anilines is 1. The Kier molecular flexibility index (Phi) is 3.79. The average Bonchev–Trinajstić information content (AvgIpc) is 2.28. The lowest BCUT2D eigenvalue weighted by Gasteiger charge is -2.09. The number of nitrogens with one attached hydrogen (secondary N) is 2. The van der Waals surface area contributed by atoms with Crippen molar-refractivity contribution in [3.05, 3.63) is 18.2 Å². The first-order valence-corrected chi connectivity index (χ1v) is 6.07. The Morgan fingerprint density at radius 3 is 2.59 bits per heavy atom. The van der Waals surface area contributed by atoms with Crippen molar-refractivity contribution < 1.29 is 17.9 Å². The first kappa shape index (κ1) is 13.1. The zero-order valence-electron chi connectivity index (χ0n) is 9.35. The number of ether oxygens (including phenoxy) is 1. The molecule has 0 saturated carbocycles. The molecule has 0 radical (unpaired) electrons. The number of benzene rings is 1. The highest BCUT2D eigenvalue weighted by Gasteiger charge is 2.18. The Labute approximate surface area is 99.0 Å². The van der Waals surface area contributed by atoms with Gasteiger partial charge in [-0.3, -0.25) is 0 Å². The molecule has 0 saturated heterocycles. The fraction of sp³-hybridized carbons (Fsp3) is 0.222. The maximum atomic E-state index is 11.7. The van der Waals surface area contributed by atoms with Crippen LogP contribution in [0.4, 0.5) is 10.5 Å². The lowest BCUT2D eigenvalue weighted by Crippen LogP contribution is -2.37. The number of carbonyl (C=O) groups excluding carboxylic acids is 1. The number of sulfonamides is 1. The molecule has 94 valence electrons. The van der Waals surface area contributed by atoms with Crippen LogP contribution in [0.1, 0.15) is 0 Å². The molecule has 2 amide bonds. The molecule has 0 fully saturated rings. The van der Waals surface area contributed by atoms with Gasteiger partial charge in [0.2, 0.25) is 0 Å². The van der Waals surface area contributed by atoms with Crippen LogP contribution in [-0.4, -0.2) is 28.6 Å². The zero-order valence-corrected chi connectivity index (χ0v) is 10.2. The van der Waals surface area contributed by atoms with Gasteiger partial charge in [-0.25, -0.2) is 17.9 Å². The first-order valence-electron chi connectivity index (χ1n) is 4.58. The molecule has 0 aliphatic carbocycles. The molecule has 0 unspecified atom stereocenters. The summed E-state index contributed by atoms with van der Waals surface area (Å²) in [6.45, 7) is 0. The van der Waals surface area contributed by atoms with Crippen LogP contribution < -0.4 is 20.5 Å². The maximum Gasteiger partial charge on any atom is 0.328 e. The number of nitrogen functional groups attached to an aromatic ring is 1. The van der Waals surface area contributed by atoms with Crippen molar-refractivity contribution in [1.29, 1.82) is 0 Å². The second-order valence-corrected chi connectivity index (χ2v) is 4.77. The topological polar surface area (TPSA) is 111 Å². The largest absolute Gasteiger partial charge is 0.495 e. The molecule has 1 rings (SSSR count). The first-order chi connectivity index (χ1) is 7.90. The van der Waals surface area contributed by atoms with Gasteiger partial charge in [-0.2, -0.15) is 0 Å². The molecular weight excluding hydrogens is 246 g/mol. The number of methoxy groups -OCH3 is 1. The van der Waals surface area contributed by atoms with E-state index in [1.54, 1.807) is 0 Å². The van der Waals surface area contributed by atoms with Gasteiger partial charge in [-0.1, -0.05) is 0 Å². The van der Waals surface area contributed by atoms with Gasteiger partial charge in [0, 0.05) is 13.1 Å². The van der Waals surface area contributed by atoms with E-state index in [2.05, 4.69) is 5.32 Å². The maximum absolute atomic E-state index is 11.7. The van der Waals surface area contributed by atoms with E-state index >= 15 is 0 Å². The van der Waals surface area contributed by atoms with Gasteiger partial charge in [0.15, 0.2) is 0 Å². The van der Waals surface area contributed by atoms with E-state index in [4.69, 9.17) is 10.5 Å². The molecule has 7 nitrogen and oxygen atoms in total. The Balaban J connectivity index is 3.11. The summed E-state index contributed by atoms with van der Waals surface area (Å²) >= 11 is 0. The fourth-order valence-corrected chi connectivity index (χ4v) is 2.06. The van der Waals surface area contributed by atoms with Crippen molar-refractivity contribution >= 4 is 21.7 Å². The van der Waals surface area contributed by atoms with E-state index in [0.717, 1.165) is 0 Å². The van der Waals surface area contributed by atoms with Crippen LogP contribution >= 0.6 is 0 Å². The molecule has 0 aliphatic rings. The summed E-state index contributed by atoms with van der Waals surface area (Å²) in [5.41, 5.74) is 5.86. The summed E-state index contributed by atoms with van der Waals surface area (Å²) in [6.07, 6.45) is 0. The minimum atomic E-state index is -3.92. The van der Waals surface area contributed by atoms with Crippen LogP contribution in [0.25, 0.3) is 0 Å². The third-order valence-electron chi connectivity index (χ3n) is 1.97. The highest BCUT2D eigenvalue weighted by atomic mass is 32.2. The molecule has 0 bridgehead atoms. The van der Waals surface area contributed by atoms with Crippen LogP contribution in [0.5, 0.6) is 5.75 Å². The van der Waals surface area contributed by atoms with E-state index < -0.39 is 16.1 Å². The van der Waals surface area contributed by atoms with Crippen molar-refractivity contribution in [1.82, 2.24) is 10.0 Å². The normalized spacial score (nSPS) is 10.7. The van der Waals surface area contributed by atoms with Crippen molar-refractivity contribution in [3.8, 4) is 5.75 Å². The number of urea groups is 1. The summed E-state index contributed by atoms with van der Waals surface area (Å²) in [4.78, 5) is 10.9. The molecule has 0 aromatic heterocycles. The summed E-state index contributed by atoms with van der Waals surface area (Å²) in [5.74, 6) is 0.227. The van der Waals surface area contributed by atoms with E-state index in [0.29, 0.717) is 5.69 Å². The minimum absolute atomic E-state index is 0.104. The summed E-state index contributed by atoms with van der Waals surface area (Å²) in [6, 6.07) is 3.09. The predicted octanol–water partition coefficient (Wildman–Crippen LogP) is -0.105. The Morgan fingerprint density at radius 2 is 2.06 bits per heavy atom. The fourth-order valence-electron chi connectivity index (χ4n) is 1.09. The molecule has 0 heterocycles. The number of amides is 2. The molecule has 4 N–H and O–H groups in total. The standard InChI is InChI=1S/C9H13N3O4S/c1-11-9(13)12-17(14,15)6-3-4-7(10)8(5-6)16-2/h3-5H,10H2,1-2H3,(H2,11,12,13). The van der Waals surface area contributed by atoms with Crippen molar-refractivity contribution in [2.24, 2.45) is 0 Å². The van der Waals surface area contributed by atoms with Crippen molar-refractivity contribution in [3.63, 3.8) is 0 Å². The highest BCUT2D eigenvalue weighted by Crippen LogP contribution is 2.24. The zero-order chi connectivity index (χ0) is 13.1. The molecular formula is C9H13N3O4S. The number of carbonyl (C=O) groups is 1. The summed E-state index contributed by atoms with van der Waals surface area (Å²) < 4.78 is 30.1. The van der Waals surface area contributed by atoms with E-state index in [-0.39, 0.29) is 10.6 Å². The van der Waals surface area contributed by atoms with Crippen LogP contribution in [0.3, 0.4) is 0 Å². The van der Waals surface area contributed by atoms with Gasteiger partial charge >= 0.3 is 6.03 Å². The van der Waals surface area contributed by atoms with E-state index in [1.165, 1.54) is 32.4 Å². The van der Waals surface area contributed by atoms with Crippen LogP contribution in [0.2, 0.25) is 0 Å². The molecule has 0 spiro atoms. The lowest BCUT2D eigenvalue weighted by molar-refractivity contribution is 0.248. The lowest BCUT2D eigenvalue weighted by atomic mass is 10.3. The Bertz CT molecular complexity index is 527. The Morgan fingerprint density at radius 1 is 1.41 bits per heavy atom. The van der Waals surface area contributed by atoms with E-state index in [1.807, 2.05) is 4.72 Å². The summed E-state index contributed by atoms with van der Waals surface area (Å²) in [5, 5.41) is 2.15. The van der Waals surface area contributed by atoms with Crippen molar-refractivity contribution in [2.45, 2.75) is 4.90 Å². The van der Waals surface area contributed by atoms with Crippen LogP contribution in [0.15, 0.2) is 23.1 Å².